The summed E-state index contributed by atoms with van der Waals surface area (Å²) in [6.07, 6.45) is 2.16. The molecule has 3 aromatic rings. The van der Waals surface area contributed by atoms with Gasteiger partial charge in [-0.05, 0) is 29.7 Å². The molecular weight excluding hydrogens is 408 g/mol. The summed E-state index contributed by atoms with van der Waals surface area (Å²) in [6, 6.07) is 10.6. The van der Waals surface area contributed by atoms with Crippen LogP contribution in [0.1, 0.15) is 11.1 Å². The van der Waals surface area contributed by atoms with Crippen LogP contribution < -0.4 is 14.2 Å². The Kier molecular flexibility index (Phi) is 6.63. The summed E-state index contributed by atoms with van der Waals surface area (Å²) >= 11 is 0. The molecule has 2 N–H and O–H groups in total. The van der Waals surface area contributed by atoms with Gasteiger partial charge >= 0.3 is 5.97 Å². The number of benzene rings is 2. The summed E-state index contributed by atoms with van der Waals surface area (Å²) in [5.74, 6) is 0.0229. The number of hydrogen-bond acceptors (Lipinski definition) is 6. The first-order valence-corrected chi connectivity index (χ1v) is 10.7. The van der Waals surface area contributed by atoms with Gasteiger partial charge in [-0.2, -0.15) is 0 Å². The number of H-pyrrole nitrogens is 1. The van der Waals surface area contributed by atoms with Gasteiger partial charge in [-0.15, -0.1) is 0 Å². The standard InChI is InChI=1S/C21H24N2O6S/c1-27-18-10-15(11-21(24)29-3)20(12-19(18)28-2)30(25,26)23-9-8-14-13-22-17-7-5-4-6-16(14)17/h4-7,10,12-13,22-23H,8-9,11H2,1-3H3. The van der Waals surface area contributed by atoms with Crippen molar-refractivity contribution >= 4 is 26.9 Å². The van der Waals surface area contributed by atoms with Crippen LogP contribution in [0.4, 0.5) is 0 Å². The number of hydrogen-bond donors (Lipinski definition) is 2. The van der Waals surface area contributed by atoms with Crippen molar-refractivity contribution in [2.24, 2.45) is 0 Å². The van der Waals surface area contributed by atoms with Crippen LogP contribution in [0.15, 0.2) is 47.5 Å². The number of para-hydroxylation sites is 1. The van der Waals surface area contributed by atoms with Gasteiger partial charge in [0.1, 0.15) is 0 Å². The summed E-state index contributed by atoms with van der Waals surface area (Å²) in [6.45, 7) is 0.191. The maximum atomic E-state index is 13.0. The van der Waals surface area contributed by atoms with Crippen LogP contribution in [0.2, 0.25) is 0 Å². The molecule has 0 saturated heterocycles. The predicted octanol–water partition coefficient (Wildman–Crippen LogP) is 2.42. The van der Waals surface area contributed by atoms with Gasteiger partial charge in [-0.3, -0.25) is 4.79 Å². The first-order chi connectivity index (χ1) is 14.4. The monoisotopic (exact) mass is 432 g/mol. The molecule has 3 rings (SSSR count). The SMILES string of the molecule is COC(=O)Cc1cc(OC)c(OC)cc1S(=O)(=O)NCCc1c[nH]c2ccccc12. The molecule has 0 bridgehead atoms. The van der Waals surface area contributed by atoms with E-state index in [4.69, 9.17) is 14.2 Å². The molecule has 0 radical (unpaired) electrons. The third-order valence-electron chi connectivity index (χ3n) is 4.78. The Bertz CT molecular complexity index is 1150. The van der Waals surface area contributed by atoms with Crippen LogP contribution in [0.5, 0.6) is 11.5 Å². The highest BCUT2D eigenvalue weighted by Crippen LogP contribution is 2.33. The molecule has 8 nitrogen and oxygen atoms in total. The molecule has 9 heteroatoms. The summed E-state index contributed by atoms with van der Waals surface area (Å²) in [5, 5.41) is 1.05. The molecule has 30 heavy (non-hydrogen) atoms. The van der Waals surface area contributed by atoms with Crippen molar-refractivity contribution in [3.05, 3.63) is 53.7 Å². The molecular formula is C21H24N2O6S. The molecule has 0 spiro atoms. The van der Waals surface area contributed by atoms with Gasteiger partial charge in [-0.1, -0.05) is 18.2 Å². The predicted molar refractivity (Wildman–Crippen MR) is 112 cm³/mol. The number of rotatable bonds is 9. The number of carbonyl (C=O) groups is 1. The molecule has 0 saturated carbocycles. The molecule has 160 valence electrons. The Balaban J connectivity index is 1.85. The minimum Gasteiger partial charge on any atom is -0.493 e. The summed E-state index contributed by atoms with van der Waals surface area (Å²) in [5.41, 5.74) is 2.27. The first kappa shape index (κ1) is 21.7. The van der Waals surface area contributed by atoms with E-state index in [0.29, 0.717) is 12.2 Å². The second-order valence-corrected chi connectivity index (χ2v) is 8.31. The van der Waals surface area contributed by atoms with Crippen LogP contribution in [-0.2, 0) is 32.4 Å². The zero-order chi connectivity index (χ0) is 21.7. The Morgan fingerprint density at radius 1 is 1.03 bits per heavy atom. The molecule has 0 amide bonds. The smallest absolute Gasteiger partial charge is 0.310 e. The van der Waals surface area contributed by atoms with E-state index in [1.54, 1.807) is 0 Å². The molecule has 0 atom stereocenters. The molecule has 0 aliphatic carbocycles. The van der Waals surface area contributed by atoms with Gasteiger partial charge in [-0.25, -0.2) is 13.1 Å². The minimum absolute atomic E-state index is 0.0514. The van der Waals surface area contributed by atoms with Crippen molar-refractivity contribution in [2.45, 2.75) is 17.7 Å². The van der Waals surface area contributed by atoms with Gasteiger partial charge in [0.2, 0.25) is 10.0 Å². The fourth-order valence-electron chi connectivity index (χ4n) is 3.25. The normalized spacial score (nSPS) is 11.4. The highest BCUT2D eigenvalue weighted by Gasteiger charge is 2.23. The van der Waals surface area contributed by atoms with Gasteiger partial charge < -0.3 is 19.2 Å². The zero-order valence-corrected chi connectivity index (χ0v) is 17.8. The summed E-state index contributed by atoms with van der Waals surface area (Å²) in [7, 11) is 0.188. The average Bonchev–Trinajstić information content (AvgIpc) is 3.16. The number of aromatic amines is 1. The molecule has 0 fully saturated rings. The van der Waals surface area contributed by atoms with E-state index < -0.39 is 16.0 Å². The van der Waals surface area contributed by atoms with E-state index >= 15 is 0 Å². The second kappa shape index (κ2) is 9.19. The van der Waals surface area contributed by atoms with Crippen molar-refractivity contribution in [3.8, 4) is 11.5 Å². The fraction of sp³-hybridized carbons (Fsp3) is 0.286. The van der Waals surface area contributed by atoms with Crippen LogP contribution in [0.25, 0.3) is 10.9 Å². The van der Waals surface area contributed by atoms with Crippen molar-refractivity contribution in [3.63, 3.8) is 0 Å². The van der Waals surface area contributed by atoms with Crippen LogP contribution >= 0.6 is 0 Å². The van der Waals surface area contributed by atoms with Crippen molar-refractivity contribution in [2.75, 3.05) is 27.9 Å². The van der Waals surface area contributed by atoms with E-state index in [1.165, 1.54) is 33.5 Å². The van der Waals surface area contributed by atoms with E-state index in [1.807, 2.05) is 30.5 Å². The number of sulfonamides is 1. The lowest BCUT2D eigenvalue weighted by Crippen LogP contribution is -2.27. The average molecular weight is 432 g/mol. The quantitative estimate of drug-likeness (QED) is 0.503. The van der Waals surface area contributed by atoms with E-state index in [9.17, 15) is 13.2 Å². The number of esters is 1. The molecule has 0 aliphatic rings. The molecule has 0 unspecified atom stereocenters. The Morgan fingerprint density at radius 3 is 2.43 bits per heavy atom. The van der Waals surface area contributed by atoms with Crippen LogP contribution in [-0.4, -0.2) is 47.2 Å². The lowest BCUT2D eigenvalue weighted by Gasteiger charge is -2.15. The Morgan fingerprint density at radius 2 is 1.73 bits per heavy atom. The van der Waals surface area contributed by atoms with E-state index in [2.05, 4.69) is 9.71 Å². The lowest BCUT2D eigenvalue weighted by molar-refractivity contribution is -0.139. The number of ether oxygens (including phenoxy) is 3. The van der Waals surface area contributed by atoms with E-state index in [-0.39, 0.29) is 29.2 Å². The number of nitrogens with one attached hydrogen (secondary N) is 2. The van der Waals surface area contributed by atoms with Crippen LogP contribution in [0, 0.1) is 0 Å². The molecule has 1 aromatic heterocycles. The van der Waals surface area contributed by atoms with Gasteiger partial charge in [0, 0.05) is 29.7 Å². The number of aromatic nitrogens is 1. The highest BCUT2D eigenvalue weighted by atomic mass is 32.2. The maximum absolute atomic E-state index is 13.0. The fourth-order valence-corrected chi connectivity index (χ4v) is 4.52. The van der Waals surface area contributed by atoms with E-state index in [0.717, 1.165) is 16.5 Å². The summed E-state index contributed by atoms with van der Waals surface area (Å²) < 4.78 is 43.8. The largest absolute Gasteiger partial charge is 0.493 e. The topological polar surface area (TPSA) is 107 Å². The van der Waals surface area contributed by atoms with Crippen molar-refractivity contribution in [1.82, 2.24) is 9.71 Å². The molecule has 1 heterocycles. The highest BCUT2D eigenvalue weighted by molar-refractivity contribution is 7.89. The number of methoxy groups -OCH3 is 3. The van der Waals surface area contributed by atoms with Gasteiger partial charge in [0.05, 0.1) is 32.6 Å². The summed E-state index contributed by atoms with van der Waals surface area (Å²) in [4.78, 5) is 14.9. The Labute approximate surface area is 175 Å². The van der Waals surface area contributed by atoms with Crippen LogP contribution in [0.3, 0.4) is 0 Å². The molecule has 0 aliphatic heterocycles. The van der Waals surface area contributed by atoms with Crippen molar-refractivity contribution in [1.29, 1.82) is 0 Å². The number of carbonyl (C=O) groups excluding carboxylic acids is 1. The van der Waals surface area contributed by atoms with Gasteiger partial charge in [0.25, 0.3) is 0 Å². The third kappa shape index (κ3) is 4.58. The number of fused-ring (bicyclic) bond motifs is 1. The minimum atomic E-state index is -3.91. The first-order valence-electron chi connectivity index (χ1n) is 9.26. The third-order valence-corrected chi connectivity index (χ3v) is 6.32. The maximum Gasteiger partial charge on any atom is 0.310 e. The molecule has 2 aromatic carbocycles. The Hall–Kier alpha value is -3.04. The lowest BCUT2D eigenvalue weighted by atomic mass is 10.1. The zero-order valence-electron chi connectivity index (χ0n) is 17.0. The second-order valence-electron chi connectivity index (χ2n) is 6.58. The van der Waals surface area contributed by atoms with Crippen molar-refractivity contribution < 1.29 is 27.4 Å². The van der Waals surface area contributed by atoms with Gasteiger partial charge in [0.15, 0.2) is 11.5 Å².